The maximum atomic E-state index is 7.57. The Morgan fingerprint density at radius 3 is 1.68 bits per heavy atom. The van der Waals surface area contributed by atoms with E-state index < -0.39 is 0 Å². The van der Waals surface area contributed by atoms with Crippen molar-refractivity contribution in [2.24, 2.45) is 0 Å². The Bertz CT molecular complexity index is 150. The van der Waals surface area contributed by atoms with Crippen LogP contribution in [0.25, 0.3) is 0 Å². The Labute approximate surface area is 119 Å². The van der Waals surface area contributed by atoms with Crippen molar-refractivity contribution in [1.29, 1.82) is 0 Å². The van der Waals surface area contributed by atoms with Gasteiger partial charge in [-0.1, -0.05) is 51.4 Å². The van der Waals surface area contributed by atoms with Gasteiger partial charge in [-0.25, -0.2) is 0 Å². The lowest BCUT2D eigenvalue weighted by Crippen LogP contribution is -2.15. The minimum Gasteiger partial charge on any atom is -0.397 e. The summed E-state index contributed by atoms with van der Waals surface area (Å²) in [5, 5.41) is 7.57. The smallest absolute Gasteiger partial charge is 0.147 e. The highest BCUT2D eigenvalue weighted by atomic mass is 16.7. The van der Waals surface area contributed by atoms with Gasteiger partial charge in [0.25, 0.3) is 0 Å². The molecule has 1 aliphatic carbocycles. The van der Waals surface area contributed by atoms with Crippen molar-refractivity contribution < 1.29 is 14.6 Å². The first-order chi connectivity index (χ1) is 9.35. The van der Waals surface area contributed by atoms with Crippen LogP contribution < -0.4 is 0 Å². The van der Waals surface area contributed by atoms with Crippen molar-refractivity contribution in [3.63, 3.8) is 0 Å². The van der Waals surface area contributed by atoms with Gasteiger partial charge in [-0.2, -0.15) is 0 Å². The van der Waals surface area contributed by atoms with E-state index in [9.17, 15) is 0 Å². The van der Waals surface area contributed by atoms with Crippen LogP contribution in [0.2, 0.25) is 0 Å². The molecule has 0 aromatic carbocycles. The molecule has 1 fully saturated rings. The molecule has 116 valence electrons. The average Bonchev–Trinajstić information content (AvgIpc) is 2.46. The molecule has 0 unspecified atom stereocenters. The molecule has 3 heteroatoms. The maximum absolute atomic E-state index is 7.57. The van der Waals surface area contributed by atoms with E-state index in [0.717, 1.165) is 6.61 Å². The molecule has 0 bridgehead atoms. The van der Waals surface area contributed by atoms with Crippen molar-refractivity contribution in [2.75, 3.05) is 20.0 Å². The van der Waals surface area contributed by atoms with E-state index in [4.69, 9.17) is 14.6 Å². The Morgan fingerprint density at radius 2 is 1.26 bits per heavy atom. The molecule has 0 saturated heterocycles. The van der Waals surface area contributed by atoms with Gasteiger partial charge in [0.2, 0.25) is 0 Å². The zero-order valence-corrected chi connectivity index (χ0v) is 13.0. The molecule has 1 saturated carbocycles. The highest BCUT2D eigenvalue weighted by Crippen LogP contribution is 2.18. The molecule has 0 heterocycles. The van der Waals surface area contributed by atoms with Gasteiger partial charge in [0.1, 0.15) is 6.79 Å². The minimum atomic E-state index is 0.250. The zero-order valence-electron chi connectivity index (χ0n) is 13.0. The van der Waals surface area contributed by atoms with Crippen LogP contribution in [0.15, 0.2) is 0 Å². The molecule has 19 heavy (non-hydrogen) atoms. The van der Waals surface area contributed by atoms with Gasteiger partial charge >= 0.3 is 0 Å². The molecule has 0 atom stereocenters. The van der Waals surface area contributed by atoms with E-state index in [1.54, 1.807) is 6.92 Å². The fourth-order valence-corrected chi connectivity index (χ4v) is 2.34. The summed E-state index contributed by atoms with van der Waals surface area (Å²) in [5.74, 6) is 0. The van der Waals surface area contributed by atoms with E-state index in [-0.39, 0.29) is 6.61 Å². The van der Waals surface area contributed by atoms with Crippen molar-refractivity contribution in [1.82, 2.24) is 0 Å². The second kappa shape index (κ2) is 15.9. The number of rotatable bonds is 4. The zero-order chi connectivity index (χ0) is 14.2. The van der Waals surface area contributed by atoms with Crippen LogP contribution in [0, 0.1) is 0 Å². The normalized spacial score (nSPS) is 19.1. The van der Waals surface area contributed by atoms with Crippen LogP contribution >= 0.6 is 0 Å². The molecule has 0 aliphatic heterocycles. The van der Waals surface area contributed by atoms with Gasteiger partial charge in [-0.15, -0.1) is 0 Å². The summed E-state index contributed by atoms with van der Waals surface area (Å²) in [5.41, 5.74) is 0. The fraction of sp³-hybridized carbons (Fsp3) is 1.00. The second-order valence-electron chi connectivity index (χ2n) is 5.12. The van der Waals surface area contributed by atoms with Gasteiger partial charge in [0.15, 0.2) is 0 Å². The van der Waals surface area contributed by atoms with E-state index in [2.05, 4.69) is 0 Å². The second-order valence-corrected chi connectivity index (χ2v) is 5.12. The Hall–Kier alpha value is -0.120. The molecule has 0 aromatic heterocycles. The third-order valence-electron chi connectivity index (χ3n) is 3.39. The lowest BCUT2D eigenvalue weighted by atomic mass is 10.1. The molecule has 0 spiro atoms. The summed E-state index contributed by atoms with van der Waals surface area (Å²) in [6.07, 6.45) is 14.0. The van der Waals surface area contributed by atoms with Crippen LogP contribution in [0.3, 0.4) is 0 Å². The topological polar surface area (TPSA) is 38.7 Å². The average molecular weight is 274 g/mol. The number of aliphatic hydroxyl groups excluding tert-OH is 1. The largest absolute Gasteiger partial charge is 0.397 e. The first-order valence-electron chi connectivity index (χ1n) is 8.15. The molecule has 0 amide bonds. The highest BCUT2D eigenvalue weighted by molar-refractivity contribution is 4.61. The predicted molar refractivity (Wildman–Crippen MR) is 80.3 cm³/mol. The van der Waals surface area contributed by atoms with E-state index in [1.165, 1.54) is 64.2 Å². The molecule has 1 N–H and O–H groups in total. The predicted octanol–water partition coefficient (Wildman–Crippen LogP) is 4.28. The SMILES string of the molecule is CCO.CCOCOC1CCCCCCCCCC1. The third-order valence-corrected chi connectivity index (χ3v) is 3.39. The molecule has 3 nitrogen and oxygen atoms in total. The summed E-state index contributed by atoms with van der Waals surface area (Å²) in [7, 11) is 0. The Balaban J connectivity index is 0.000000982. The van der Waals surface area contributed by atoms with Gasteiger partial charge in [-0.3, -0.25) is 0 Å². The molecule has 0 radical (unpaired) electrons. The van der Waals surface area contributed by atoms with Crippen LogP contribution in [0.1, 0.15) is 78.1 Å². The van der Waals surface area contributed by atoms with Gasteiger partial charge in [0.05, 0.1) is 6.10 Å². The van der Waals surface area contributed by atoms with E-state index >= 15 is 0 Å². The summed E-state index contributed by atoms with van der Waals surface area (Å²) < 4.78 is 11.0. The minimum absolute atomic E-state index is 0.250. The van der Waals surface area contributed by atoms with Crippen molar-refractivity contribution in [2.45, 2.75) is 84.2 Å². The maximum Gasteiger partial charge on any atom is 0.147 e. The van der Waals surface area contributed by atoms with Crippen molar-refractivity contribution in [3.05, 3.63) is 0 Å². The monoisotopic (exact) mass is 274 g/mol. The van der Waals surface area contributed by atoms with Crippen LogP contribution in [-0.4, -0.2) is 31.2 Å². The first kappa shape index (κ1) is 18.9. The number of aliphatic hydroxyl groups is 1. The third kappa shape index (κ3) is 14.1. The van der Waals surface area contributed by atoms with Crippen LogP contribution in [0.5, 0.6) is 0 Å². The molecular weight excluding hydrogens is 240 g/mol. The molecular formula is C16H34O3. The standard InChI is InChI=1S/C14H28O2.C2H6O/c1-2-15-13-16-14-11-9-7-5-3-4-6-8-10-12-14;1-2-3/h14H,2-13H2,1H3;3H,2H2,1H3. The highest BCUT2D eigenvalue weighted by Gasteiger charge is 2.09. The van der Waals surface area contributed by atoms with Crippen molar-refractivity contribution in [3.8, 4) is 0 Å². The summed E-state index contributed by atoms with van der Waals surface area (Å²) >= 11 is 0. The molecule has 0 aromatic rings. The number of ether oxygens (including phenoxy) is 2. The molecule has 1 aliphatic rings. The fourth-order valence-electron chi connectivity index (χ4n) is 2.34. The number of hydrogen-bond donors (Lipinski definition) is 1. The quantitative estimate of drug-likeness (QED) is 0.614. The van der Waals surface area contributed by atoms with E-state index in [1.807, 2.05) is 6.92 Å². The lowest BCUT2D eigenvalue weighted by molar-refractivity contribution is -0.0912. The van der Waals surface area contributed by atoms with Gasteiger partial charge in [-0.05, 0) is 26.7 Å². The van der Waals surface area contributed by atoms with E-state index in [0.29, 0.717) is 12.9 Å². The van der Waals surface area contributed by atoms with Crippen molar-refractivity contribution >= 4 is 0 Å². The van der Waals surface area contributed by atoms with Crippen LogP contribution in [0.4, 0.5) is 0 Å². The van der Waals surface area contributed by atoms with Gasteiger partial charge in [0, 0.05) is 13.2 Å². The van der Waals surface area contributed by atoms with Gasteiger partial charge < -0.3 is 14.6 Å². The lowest BCUT2D eigenvalue weighted by Gasteiger charge is -2.17. The molecule has 1 rings (SSSR count). The first-order valence-corrected chi connectivity index (χ1v) is 8.15. The summed E-state index contributed by atoms with van der Waals surface area (Å²) in [4.78, 5) is 0. The van der Waals surface area contributed by atoms with Crippen LogP contribution in [-0.2, 0) is 9.47 Å². The number of hydrogen-bond acceptors (Lipinski definition) is 3. The summed E-state index contributed by atoms with van der Waals surface area (Å²) in [6.45, 7) is 5.19. The Morgan fingerprint density at radius 1 is 0.842 bits per heavy atom. The summed E-state index contributed by atoms with van der Waals surface area (Å²) in [6, 6.07) is 0. The Kier molecular flexibility index (Phi) is 15.8.